The predicted octanol–water partition coefficient (Wildman–Crippen LogP) is 0.143. The van der Waals surface area contributed by atoms with E-state index in [0.29, 0.717) is 11.1 Å². The van der Waals surface area contributed by atoms with E-state index < -0.39 is 18.2 Å². The van der Waals surface area contributed by atoms with Crippen LogP contribution in [-0.2, 0) is 0 Å². The molecule has 84 valence electrons. The SMILES string of the molecule is CNCC(O)C(O)c1cnc(F)cc1C. The van der Waals surface area contributed by atoms with Crippen LogP contribution in [0.5, 0.6) is 0 Å². The summed E-state index contributed by atoms with van der Waals surface area (Å²) in [4.78, 5) is 3.45. The Labute approximate surface area is 87.8 Å². The zero-order valence-corrected chi connectivity index (χ0v) is 8.74. The molecule has 1 rings (SSSR count). The number of nitrogens with one attached hydrogen (secondary N) is 1. The number of aromatic nitrogens is 1. The van der Waals surface area contributed by atoms with Crippen LogP contribution in [0.15, 0.2) is 12.3 Å². The monoisotopic (exact) mass is 214 g/mol. The summed E-state index contributed by atoms with van der Waals surface area (Å²) >= 11 is 0. The number of hydrogen-bond donors (Lipinski definition) is 3. The molecule has 1 aromatic heterocycles. The van der Waals surface area contributed by atoms with Crippen molar-refractivity contribution in [3.05, 3.63) is 29.3 Å². The van der Waals surface area contributed by atoms with Crippen LogP contribution in [-0.4, -0.2) is 34.9 Å². The van der Waals surface area contributed by atoms with Crippen molar-refractivity contribution in [3.8, 4) is 0 Å². The average Bonchev–Trinajstić information content (AvgIpc) is 2.17. The molecule has 0 bridgehead atoms. The normalized spacial score (nSPS) is 15.0. The molecular formula is C10H15FN2O2. The molecule has 3 N–H and O–H groups in total. The van der Waals surface area contributed by atoms with Gasteiger partial charge in [-0.1, -0.05) is 0 Å². The molecule has 0 radical (unpaired) electrons. The summed E-state index contributed by atoms with van der Waals surface area (Å²) in [6, 6.07) is 1.23. The quantitative estimate of drug-likeness (QED) is 0.624. The van der Waals surface area contributed by atoms with Gasteiger partial charge in [0, 0.05) is 18.3 Å². The second-order valence-electron chi connectivity index (χ2n) is 3.43. The fourth-order valence-corrected chi connectivity index (χ4v) is 1.37. The zero-order chi connectivity index (χ0) is 11.4. The molecule has 2 atom stereocenters. The number of halogens is 1. The Morgan fingerprint density at radius 3 is 2.73 bits per heavy atom. The van der Waals surface area contributed by atoms with Crippen LogP contribution in [0.25, 0.3) is 0 Å². The van der Waals surface area contributed by atoms with E-state index in [2.05, 4.69) is 10.3 Å². The molecule has 0 spiro atoms. The van der Waals surface area contributed by atoms with Crippen molar-refractivity contribution < 1.29 is 14.6 Å². The minimum atomic E-state index is -1.05. The first-order chi connectivity index (χ1) is 7.06. The summed E-state index contributed by atoms with van der Waals surface area (Å²) in [6.07, 6.45) is -0.736. The highest BCUT2D eigenvalue weighted by Crippen LogP contribution is 2.19. The Balaban J connectivity index is 2.86. The first-order valence-corrected chi connectivity index (χ1v) is 4.69. The van der Waals surface area contributed by atoms with E-state index in [1.807, 2.05) is 0 Å². The number of hydrogen-bond acceptors (Lipinski definition) is 4. The molecule has 5 heteroatoms. The molecule has 1 aromatic rings. The van der Waals surface area contributed by atoms with Crippen LogP contribution in [0.3, 0.4) is 0 Å². The fraction of sp³-hybridized carbons (Fsp3) is 0.500. The van der Waals surface area contributed by atoms with E-state index in [1.165, 1.54) is 12.3 Å². The van der Waals surface area contributed by atoms with Crippen molar-refractivity contribution in [2.24, 2.45) is 0 Å². The van der Waals surface area contributed by atoms with E-state index >= 15 is 0 Å². The van der Waals surface area contributed by atoms with Crippen LogP contribution in [0.1, 0.15) is 17.2 Å². The van der Waals surface area contributed by atoms with Crippen molar-refractivity contribution in [1.29, 1.82) is 0 Å². The zero-order valence-electron chi connectivity index (χ0n) is 8.74. The predicted molar refractivity (Wildman–Crippen MR) is 53.8 cm³/mol. The highest BCUT2D eigenvalue weighted by molar-refractivity contribution is 5.25. The summed E-state index contributed by atoms with van der Waals surface area (Å²) < 4.78 is 12.7. The van der Waals surface area contributed by atoms with Gasteiger partial charge in [-0.25, -0.2) is 4.98 Å². The first kappa shape index (κ1) is 12.0. The summed E-state index contributed by atoms with van der Waals surface area (Å²) in [5.74, 6) is -0.591. The van der Waals surface area contributed by atoms with E-state index in [-0.39, 0.29) is 6.54 Å². The van der Waals surface area contributed by atoms with Crippen LogP contribution in [0.4, 0.5) is 4.39 Å². The third-order valence-corrected chi connectivity index (χ3v) is 2.21. The first-order valence-electron chi connectivity index (χ1n) is 4.69. The Morgan fingerprint density at radius 2 is 2.20 bits per heavy atom. The second kappa shape index (κ2) is 5.16. The number of nitrogens with zero attached hydrogens (tertiary/aromatic N) is 1. The number of aliphatic hydroxyl groups is 2. The lowest BCUT2D eigenvalue weighted by Gasteiger charge is -2.19. The van der Waals surface area contributed by atoms with Crippen molar-refractivity contribution in [1.82, 2.24) is 10.3 Å². The number of likely N-dealkylation sites (N-methyl/N-ethyl adjacent to an activating group) is 1. The maximum Gasteiger partial charge on any atom is 0.213 e. The molecule has 0 fully saturated rings. The van der Waals surface area contributed by atoms with E-state index in [4.69, 9.17) is 0 Å². The largest absolute Gasteiger partial charge is 0.389 e. The van der Waals surface area contributed by atoms with E-state index in [0.717, 1.165) is 0 Å². The maximum atomic E-state index is 12.7. The molecular weight excluding hydrogens is 199 g/mol. The van der Waals surface area contributed by atoms with Crippen molar-refractivity contribution >= 4 is 0 Å². The van der Waals surface area contributed by atoms with Crippen molar-refractivity contribution in [2.75, 3.05) is 13.6 Å². The van der Waals surface area contributed by atoms with Crippen LogP contribution in [0, 0.1) is 12.9 Å². The summed E-state index contributed by atoms with van der Waals surface area (Å²) in [6.45, 7) is 1.92. The molecule has 0 amide bonds. The van der Waals surface area contributed by atoms with Gasteiger partial charge < -0.3 is 15.5 Å². The average molecular weight is 214 g/mol. The highest BCUT2D eigenvalue weighted by Gasteiger charge is 2.19. The van der Waals surface area contributed by atoms with Gasteiger partial charge in [0.2, 0.25) is 5.95 Å². The number of aryl methyl sites for hydroxylation is 1. The Bertz CT molecular complexity index is 333. The molecule has 15 heavy (non-hydrogen) atoms. The van der Waals surface area contributed by atoms with Crippen molar-refractivity contribution in [2.45, 2.75) is 19.1 Å². The molecule has 0 aliphatic heterocycles. The summed E-state index contributed by atoms with van der Waals surface area (Å²) in [7, 11) is 1.67. The third-order valence-electron chi connectivity index (χ3n) is 2.21. The number of rotatable bonds is 4. The molecule has 0 aliphatic rings. The van der Waals surface area contributed by atoms with Crippen LogP contribution < -0.4 is 5.32 Å². The van der Waals surface area contributed by atoms with Gasteiger partial charge in [-0.15, -0.1) is 0 Å². The van der Waals surface area contributed by atoms with Gasteiger partial charge in [0.15, 0.2) is 0 Å². The minimum Gasteiger partial charge on any atom is -0.389 e. The standard InChI is InChI=1S/C10H15FN2O2/c1-6-3-9(11)13-4-7(6)10(15)8(14)5-12-2/h3-4,8,10,12,14-15H,5H2,1-2H3. The Hall–Kier alpha value is -1.04. The van der Waals surface area contributed by atoms with Gasteiger partial charge >= 0.3 is 0 Å². The topological polar surface area (TPSA) is 65.4 Å². The molecule has 1 heterocycles. The van der Waals surface area contributed by atoms with Gasteiger partial charge in [0.1, 0.15) is 6.10 Å². The van der Waals surface area contributed by atoms with Crippen molar-refractivity contribution in [3.63, 3.8) is 0 Å². The molecule has 0 aliphatic carbocycles. The molecule has 2 unspecified atom stereocenters. The van der Waals surface area contributed by atoms with Gasteiger partial charge in [0.05, 0.1) is 6.10 Å². The Morgan fingerprint density at radius 1 is 1.53 bits per heavy atom. The Kier molecular flexibility index (Phi) is 4.14. The molecule has 0 saturated heterocycles. The number of pyridine rings is 1. The lowest BCUT2D eigenvalue weighted by Crippen LogP contribution is -2.30. The number of aliphatic hydroxyl groups excluding tert-OH is 2. The molecule has 4 nitrogen and oxygen atoms in total. The van der Waals surface area contributed by atoms with Gasteiger partial charge in [-0.05, 0) is 25.6 Å². The van der Waals surface area contributed by atoms with Gasteiger partial charge in [-0.3, -0.25) is 0 Å². The van der Waals surface area contributed by atoms with E-state index in [9.17, 15) is 14.6 Å². The lowest BCUT2D eigenvalue weighted by atomic mass is 10.0. The summed E-state index contributed by atoms with van der Waals surface area (Å²) in [5, 5.41) is 22.0. The summed E-state index contributed by atoms with van der Waals surface area (Å²) in [5.41, 5.74) is 1.02. The maximum absolute atomic E-state index is 12.7. The molecule has 0 aromatic carbocycles. The second-order valence-corrected chi connectivity index (χ2v) is 3.43. The molecule has 0 saturated carbocycles. The highest BCUT2D eigenvalue weighted by atomic mass is 19.1. The van der Waals surface area contributed by atoms with Crippen LogP contribution in [0.2, 0.25) is 0 Å². The van der Waals surface area contributed by atoms with E-state index in [1.54, 1.807) is 14.0 Å². The van der Waals surface area contributed by atoms with Crippen LogP contribution >= 0.6 is 0 Å². The smallest absolute Gasteiger partial charge is 0.213 e. The third kappa shape index (κ3) is 2.95. The fourth-order valence-electron chi connectivity index (χ4n) is 1.37. The van der Waals surface area contributed by atoms with Gasteiger partial charge in [-0.2, -0.15) is 4.39 Å². The van der Waals surface area contributed by atoms with Gasteiger partial charge in [0.25, 0.3) is 0 Å². The lowest BCUT2D eigenvalue weighted by molar-refractivity contribution is 0.0196. The minimum absolute atomic E-state index is 0.262.